The average molecular weight is 388 g/mol. The number of rotatable bonds is 5. The standard InChI is InChI=1S/C18H16N2O6S/c1-26-17(22)11-13-6-5-9-15(10-13)27(24,25)20-16(21)12-19(18(20)23)14-7-3-2-4-8-14/h2-10,12,21H,11H2,1H3. The van der Waals surface area contributed by atoms with Crippen molar-refractivity contribution < 1.29 is 23.1 Å². The van der Waals surface area contributed by atoms with Crippen molar-refractivity contribution in [1.29, 1.82) is 0 Å². The van der Waals surface area contributed by atoms with Gasteiger partial charge in [0.05, 0.1) is 30.3 Å². The zero-order chi connectivity index (χ0) is 19.6. The first kappa shape index (κ1) is 18.5. The van der Waals surface area contributed by atoms with Gasteiger partial charge in [-0.05, 0) is 29.8 Å². The van der Waals surface area contributed by atoms with Crippen LogP contribution < -0.4 is 5.69 Å². The van der Waals surface area contributed by atoms with Crippen LogP contribution in [0.25, 0.3) is 5.69 Å². The van der Waals surface area contributed by atoms with Gasteiger partial charge in [0.1, 0.15) is 0 Å². The molecule has 0 saturated heterocycles. The predicted molar refractivity (Wildman–Crippen MR) is 96.4 cm³/mol. The van der Waals surface area contributed by atoms with Gasteiger partial charge in [-0.25, -0.2) is 13.2 Å². The van der Waals surface area contributed by atoms with Gasteiger partial charge in [0.2, 0.25) is 5.88 Å². The maximum atomic E-state index is 12.9. The first-order chi connectivity index (χ1) is 12.8. The van der Waals surface area contributed by atoms with Gasteiger partial charge in [-0.3, -0.25) is 9.36 Å². The summed E-state index contributed by atoms with van der Waals surface area (Å²) in [6.07, 6.45) is 0.916. The van der Waals surface area contributed by atoms with Gasteiger partial charge in [0, 0.05) is 0 Å². The topological polar surface area (TPSA) is 108 Å². The Bertz CT molecular complexity index is 1150. The second-order valence-corrected chi connectivity index (χ2v) is 7.43. The summed E-state index contributed by atoms with van der Waals surface area (Å²) in [4.78, 5) is 23.8. The highest BCUT2D eigenvalue weighted by Gasteiger charge is 2.26. The molecule has 0 amide bonds. The number of aromatic nitrogens is 2. The van der Waals surface area contributed by atoms with Gasteiger partial charge in [0.15, 0.2) is 0 Å². The van der Waals surface area contributed by atoms with E-state index in [0.29, 0.717) is 15.2 Å². The SMILES string of the molecule is COC(=O)Cc1cccc(S(=O)(=O)n2c(O)cn(-c3ccccc3)c2=O)c1. The highest BCUT2D eigenvalue weighted by Crippen LogP contribution is 2.20. The third-order valence-electron chi connectivity index (χ3n) is 3.88. The van der Waals surface area contributed by atoms with E-state index >= 15 is 0 Å². The van der Waals surface area contributed by atoms with E-state index in [1.165, 1.54) is 25.3 Å². The molecule has 1 aromatic heterocycles. The normalized spacial score (nSPS) is 11.3. The molecule has 3 rings (SSSR count). The molecular weight excluding hydrogens is 372 g/mol. The highest BCUT2D eigenvalue weighted by atomic mass is 32.2. The summed E-state index contributed by atoms with van der Waals surface area (Å²) in [6, 6.07) is 13.9. The van der Waals surface area contributed by atoms with Crippen molar-refractivity contribution in [3.05, 3.63) is 76.8 Å². The van der Waals surface area contributed by atoms with Crippen LogP contribution in [0.15, 0.2) is 70.5 Å². The van der Waals surface area contributed by atoms with Crippen LogP contribution in [0.1, 0.15) is 5.56 Å². The lowest BCUT2D eigenvalue weighted by atomic mass is 10.1. The molecule has 0 bridgehead atoms. The van der Waals surface area contributed by atoms with Crippen LogP contribution >= 0.6 is 0 Å². The molecule has 0 aliphatic carbocycles. The Morgan fingerprint density at radius 2 is 1.81 bits per heavy atom. The fraction of sp³-hybridized carbons (Fsp3) is 0.111. The molecule has 2 aromatic carbocycles. The van der Waals surface area contributed by atoms with Crippen LogP contribution in [0.5, 0.6) is 5.88 Å². The molecule has 0 spiro atoms. The van der Waals surface area contributed by atoms with Gasteiger partial charge in [-0.15, -0.1) is 3.97 Å². The first-order valence-electron chi connectivity index (χ1n) is 7.84. The van der Waals surface area contributed by atoms with Crippen molar-refractivity contribution in [2.24, 2.45) is 0 Å². The Morgan fingerprint density at radius 1 is 1.11 bits per heavy atom. The minimum atomic E-state index is -4.37. The van der Waals surface area contributed by atoms with Crippen LogP contribution in [-0.4, -0.2) is 35.1 Å². The monoisotopic (exact) mass is 388 g/mol. The molecule has 0 aliphatic heterocycles. The van der Waals surface area contributed by atoms with Crippen LogP contribution in [0, 0.1) is 0 Å². The third kappa shape index (κ3) is 3.49. The summed E-state index contributed by atoms with van der Waals surface area (Å²) in [7, 11) is -3.14. The van der Waals surface area contributed by atoms with Gasteiger partial charge in [0.25, 0.3) is 10.0 Å². The molecule has 27 heavy (non-hydrogen) atoms. The van der Waals surface area contributed by atoms with Crippen LogP contribution in [0.2, 0.25) is 0 Å². The van der Waals surface area contributed by atoms with Gasteiger partial charge in [-0.2, -0.15) is 0 Å². The van der Waals surface area contributed by atoms with E-state index in [4.69, 9.17) is 0 Å². The second kappa shape index (κ2) is 7.12. The maximum Gasteiger partial charge on any atom is 0.350 e. The lowest BCUT2D eigenvalue weighted by Crippen LogP contribution is -2.28. The number of benzene rings is 2. The number of esters is 1. The molecule has 3 aromatic rings. The Morgan fingerprint density at radius 3 is 2.48 bits per heavy atom. The van der Waals surface area contributed by atoms with Gasteiger partial charge >= 0.3 is 11.7 Å². The van der Waals surface area contributed by atoms with Gasteiger partial charge in [-0.1, -0.05) is 30.3 Å². The number of hydrogen-bond donors (Lipinski definition) is 1. The Labute approximate surface area is 154 Å². The highest BCUT2D eigenvalue weighted by molar-refractivity contribution is 7.90. The molecule has 140 valence electrons. The summed E-state index contributed by atoms with van der Waals surface area (Å²) in [5.74, 6) is -1.25. The second-order valence-electron chi connectivity index (χ2n) is 5.65. The molecule has 1 heterocycles. The fourth-order valence-corrected chi connectivity index (χ4v) is 3.93. The van der Waals surface area contributed by atoms with Crippen molar-refractivity contribution in [1.82, 2.24) is 8.54 Å². The molecule has 0 radical (unpaired) electrons. The van der Waals surface area contributed by atoms with Crippen LogP contribution in [-0.2, 0) is 26.0 Å². The van der Waals surface area contributed by atoms with Crippen molar-refractivity contribution in [2.75, 3.05) is 7.11 Å². The van der Waals surface area contributed by atoms with E-state index in [0.717, 1.165) is 10.8 Å². The maximum absolute atomic E-state index is 12.9. The third-order valence-corrected chi connectivity index (χ3v) is 5.55. The predicted octanol–water partition coefficient (Wildman–Crippen LogP) is 1.30. The van der Waals surface area contributed by atoms with E-state index in [9.17, 15) is 23.1 Å². The number of para-hydroxylation sites is 1. The number of carbonyl (C=O) groups is 1. The van der Waals surface area contributed by atoms with Crippen LogP contribution in [0.3, 0.4) is 0 Å². The summed E-state index contributed by atoms with van der Waals surface area (Å²) < 4.78 is 31.7. The summed E-state index contributed by atoms with van der Waals surface area (Å²) in [5, 5.41) is 10.1. The number of methoxy groups -OCH3 is 1. The zero-order valence-electron chi connectivity index (χ0n) is 14.3. The minimum Gasteiger partial charge on any atom is -0.493 e. The summed E-state index contributed by atoms with van der Waals surface area (Å²) in [5.41, 5.74) is -0.124. The lowest BCUT2D eigenvalue weighted by molar-refractivity contribution is -0.139. The van der Waals surface area contributed by atoms with E-state index in [1.807, 2.05) is 0 Å². The number of aromatic hydroxyl groups is 1. The molecular formula is C18H16N2O6S. The number of imidazole rings is 1. The van der Waals surface area contributed by atoms with E-state index < -0.39 is 27.6 Å². The number of hydrogen-bond acceptors (Lipinski definition) is 6. The lowest BCUT2D eigenvalue weighted by Gasteiger charge is -2.07. The van der Waals surface area contributed by atoms with Crippen molar-refractivity contribution in [3.8, 4) is 11.6 Å². The molecule has 8 nitrogen and oxygen atoms in total. The minimum absolute atomic E-state index is 0.119. The summed E-state index contributed by atoms with van der Waals surface area (Å²) in [6.45, 7) is 0. The average Bonchev–Trinajstić information content (AvgIpc) is 2.97. The van der Waals surface area contributed by atoms with E-state index in [1.54, 1.807) is 36.4 Å². The van der Waals surface area contributed by atoms with Crippen molar-refractivity contribution >= 4 is 16.0 Å². The number of ether oxygens (including phenoxy) is 1. The number of carbonyl (C=O) groups excluding carboxylic acids is 1. The fourth-order valence-electron chi connectivity index (χ4n) is 2.58. The Kier molecular flexibility index (Phi) is 4.87. The molecule has 0 atom stereocenters. The van der Waals surface area contributed by atoms with Crippen LogP contribution in [0.4, 0.5) is 0 Å². The zero-order valence-corrected chi connectivity index (χ0v) is 15.1. The summed E-state index contributed by atoms with van der Waals surface area (Å²) >= 11 is 0. The molecule has 0 fully saturated rings. The largest absolute Gasteiger partial charge is 0.493 e. The molecule has 0 aliphatic rings. The number of nitrogens with zero attached hydrogens (tertiary/aromatic N) is 2. The van der Waals surface area contributed by atoms with Gasteiger partial charge < -0.3 is 9.84 Å². The van der Waals surface area contributed by atoms with Crippen molar-refractivity contribution in [3.63, 3.8) is 0 Å². The Hall–Kier alpha value is -3.33. The van der Waals surface area contributed by atoms with E-state index in [2.05, 4.69) is 4.74 Å². The quantitative estimate of drug-likeness (QED) is 0.660. The molecule has 0 saturated carbocycles. The first-order valence-corrected chi connectivity index (χ1v) is 9.28. The molecule has 1 N–H and O–H groups in total. The molecule has 9 heteroatoms. The smallest absolute Gasteiger partial charge is 0.350 e. The van der Waals surface area contributed by atoms with E-state index in [-0.39, 0.29) is 11.3 Å². The van der Waals surface area contributed by atoms with Crippen molar-refractivity contribution in [2.45, 2.75) is 11.3 Å². The molecule has 0 unspecified atom stereocenters. The Balaban J connectivity index is 2.09.